The number of hydrogen-bond donors (Lipinski definition) is 15. The molecule has 0 spiro atoms. The van der Waals surface area contributed by atoms with Gasteiger partial charge in [0.1, 0.15) is 54.1 Å². The van der Waals surface area contributed by atoms with Crippen LogP contribution in [0, 0.1) is 11.8 Å². The van der Waals surface area contributed by atoms with E-state index in [-0.39, 0.29) is 50.3 Å². The highest BCUT2D eigenvalue weighted by Crippen LogP contribution is 2.15. The molecule has 0 aliphatic heterocycles. The molecule has 2 aromatic rings. The summed E-state index contributed by atoms with van der Waals surface area (Å²) in [6.45, 7) is 8.14. The molecule has 0 aliphatic carbocycles. The highest BCUT2D eigenvalue weighted by atomic mass is 16.4. The van der Waals surface area contributed by atoms with Gasteiger partial charge in [-0.2, -0.15) is 0 Å². The number of phenols is 1. The molecule has 0 unspecified atom stereocenters. The highest BCUT2D eigenvalue weighted by molar-refractivity contribution is 5.99. The van der Waals surface area contributed by atoms with E-state index in [1.165, 1.54) is 38.1 Å². The standard InChI is InChI=1S/C53H79N11O16/c1-6-29(4)44(52(78)63-40(27-43(69)70)49(75)57-30(5)45(71)61-39(26-32-15-17-33(65)18-16-32)51(77)60-37(53(79)80)14-10-11-23-54)64-48(74)35(19-21-41(56)66)58-47(73)36(20-22-42(67)68)59-50(76)38(24-28(2)3)62-46(72)34(55)25-31-12-8-7-9-13-31/h7-9,12-13,15-18,28-30,34-40,44,65H,6,10-11,14,19-27,54-55H2,1-5H3,(H2,56,66)(H,57,75)(H,58,73)(H,59,76)(H,60,77)(H,61,71)(H,62,72)(H,63,78)(H,64,74)(H,67,68)(H,69,70)(H,79,80)/t29-,30-,34-,35-,36-,37-,38-,39-,40-,44-/m0/s1. The molecule has 2 aromatic carbocycles. The minimum Gasteiger partial charge on any atom is -0.508 e. The number of unbranched alkanes of at least 4 members (excludes halogenated alkanes) is 1. The Hall–Kier alpha value is -8.20. The Morgan fingerprint density at radius 2 is 1.01 bits per heavy atom. The maximum atomic E-state index is 14.1. The molecule has 10 atom stereocenters. The van der Waals surface area contributed by atoms with Crippen molar-refractivity contribution in [1.29, 1.82) is 0 Å². The van der Waals surface area contributed by atoms with Gasteiger partial charge in [-0.3, -0.25) is 52.7 Å². The van der Waals surface area contributed by atoms with Crippen LogP contribution >= 0.6 is 0 Å². The maximum Gasteiger partial charge on any atom is 0.326 e. The van der Waals surface area contributed by atoms with Gasteiger partial charge in [0.2, 0.25) is 53.2 Å². The van der Waals surface area contributed by atoms with E-state index in [4.69, 9.17) is 17.2 Å². The minimum absolute atomic E-state index is 0.0173. The van der Waals surface area contributed by atoms with Crippen molar-refractivity contribution in [3.8, 4) is 5.75 Å². The van der Waals surface area contributed by atoms with Gasteiger partial charge in [-0.25, -0.2) is 4.79 Å². The summed E-state index contributed by atoms with van der Waals surface area (Å²) in [6, 6.07) is 0.905. The lowest BCUT2D eigenvalue weighted by molar-refractivity contribution is -0.142. The third-order valence-corrected chi connectivity index (χ3v) is 12.7. The molecule has 0 radical (unpaired) electrons. The summed E-state index contributed by atoms with van der Waals surface area (Å²) < 4.78 is 0. The zero-order valence-corrected chi connectivity index (χ0v) is 45.7. The smallest absolute Gasteiger partial charge is 0.326 e. The Kier molecular flexibility index (Phi) is 29.4. The van der Waals surface area contributed by atoms with E-state index < -0.39 is 163 Å². The molecule has 0 fully saturated rings. The number of hydrogen-bond acceptors (Lipinski definition) is 15. The fourth-order valence-corrected chi connectivity index (χ4v) is 7.96. The van der Waals surface area contributed by atoms with Crippen LogP contribution in [-0.2, 0) is 70.4 Å². The average molecular weight is 1130 g/mol. The van der Waals surface area contributed by atoms with Gasteiger partial charge >= 0.3 is 17.9 Å². The summed E-state index contributed by atoms with van der Waals surface area (Å²) in [6.07, 6.45) is -2.21. The van der Waals surface area contributed by atoms with Crippen LogP contribution in [0.5, 0.6) is 5.75 Å². The van der Waals surface area contributed by atoms with Crippen molar-refractivity contribution in [3.05, 3.63) is 65.7 Å². The first-order valence-corrected chi connectivity index (χ1v) is 26.3. The van der Waals surface area contributed by atoms with Gasteiger partial charge in [0, 0.05) is 19.3 Å². The lowest BCUT2D eigenvalue weighted by atomic mass is 9.96. The van der Waals surface area contributed by atoms with Crippen molar-refractivity contribution in [2.45, 2.75) is 166 Å². The molecule has 2 rings (SSSR count). The molecule has 0 saturated heterocycles. The Labute approximate surface area is 463 Å². The van der Waals surface area contributed by atoms with E-state index in [9.17, 15) is 78.0 Å². The van der Waals surface area contributed by atoms with Crippen LogP contribution in [0.4, 0.5) is 0 Å². The third kappa shape index (κ3) is 25.1. The van der Waals surface area contributed by atoms with Crippen LogP contribution < -0.4 is 59.7 Å². The number of amides is 9. The van der Waals surface area contributed by atoms with Crippen molar-refractivity contribution in [1.82, 2.24) is 42.5 Å². The van der Waals surface area contributed by atoms with Crippen molar-refractivity contribution in [3.63, 3.8) is 0 Å². The number of aromatic hydroxyl groups is 1. The molecule has 0 aromatic heterocycles. The largest absolute Gasteiger partial charge is 0.508 e. The van der Waals surface area contributed by atoms with Crippen LogP contribution in [-0.4, -0.2) is 152 Å². The average Bonchev–Trinajstić information content (AvgIpc) is 3.39. The molecule has 442 valence electrons. The first-order valence-electron chi connectivity index (χ1n) is 26.3. The number of nitrogens with one attached hydrogen (secondary N) is 8. The molecule has 0 aliphatic rings. The van der Waals surface area contributed by atoms with Crippen molar-refractivity contribution in [2.75, 3.05) is 6.54 Å². The van der Waals surface area contributed by atoms with E-state index in [0.29, 0.717) is 18.4 Å². The number of benzene rings is 2. The van der Waals surface area contributed by atoms with E-state index in [1.807, 2.05) is 0 Å². The second-order valence-corrected chi connectivity index (χ2v) is 19.9. The zero-order valence-electron chi connectivity index (χ0n) is 45.7. The Bertz CT molecular complexity index is 2450. The fourth-order valence-electron chi connectivity index (χ4n) is 7.96. The predicted octanol–water partition coefficient (Wildman–Crippen LogP) is -1.69. The topological polar surface area (TPSA) is 460 Å². The molecular formula is C53H79N11O16. The van der Waals surface area contributed by atoms with Crippen LogP contribution in [0.15, 0.2) is 54.6 Å². The number of rotatable bonds is 37. The lowest BCUT2D eigenvalue weighted by Gasteiger charge is -2.29. The Balaban J connectivity index is 2.37. The van der Waals surface area contributed by atoms with Gasteiger partial charge < -0.3 is 80.2 Å². The summed E-state index contributed by atoms with van der Waals surface area (Å²) in [5, 5.41) is 58.3. The SMILES string of the molecule is CC[C@H](C)[C@H](NC(=O)[C@H](CCC(N)=O)NC(=O)[C@H](CCC(=O)O)NC(=O)[C@H](CC(C)C)NC(=O)[C@@H](N)Cc1ccccc1)C(=O)N[C@@H](CC(=O)O)C(=O)N[C@@H](C)C(=O)N[C@@H](Cc1ccc(O)cc1)C(=O)N[C@@H](CCCCN)C(=O)O. The second-order valence-electron chi connectivity index (χ2n) is 19.9. The number of primary amides is 1. The number of nitrogens with two attached hydrogens (primary N) is 3. The number of carboxylic acids is 3. The van der Waals surface area contributed by atoms with Crippen LogP contribution in [0.1, 0.15) is 110 Å². The first-order chi connectivity index (χ1) is 37.6. The first kappa shape index (κ1) is 67.9. The number of aliphatic carboxylic acids is 3. The summed E-state index contributed by atoms with van der Waals surface area (Å²) >= 11 is 0. The van der Waals surface area contributed by atoms with Crippen LogP contribution in [0.25, 0.3) is 0 Å². The molecule has 0 heterocycles. The predicted molar refractivity (Wildman–Crippen MR) is 288 cm³/mol. The summed E-state index contributed by atoms with van der Waals surface area (Å²) in [5.41, 5.74) is 18.3. The third-order valence-electron chi connectivity index (χ3n) is 12.7. The van der Waals surface area contributed by atoms with Gasteiger partial charge in [0.25, 0.3) is 0 Å². The molecule has 0 saturated carbocycles. The molecule has 27 nitrogen and oxygen atoms in total. The monoisotopic (exact) mass is 1130 g/mol. The quantitative estimate of drug-likeness (QED) is 0.0336. The molecule has 9 amide bonds. The van der Waals surface area contributed by atoms with Crippen molar-refractivity contribution >= 4 is 71.1 Å². The summed E-state index contributed by atoms with van der Waals surface area (Å²) in [4.78, 5) is 158. The second kappa shape index (κ2) is 34.6. The maximum absolute atomic E-state index is 14.1. The van der Waals surface area contributed by atoms with Crippen molar-refractivity contribution in [2.24, 2.45) is 29.0 Å². The van der Waals surface area contributed by atoms with E-state index in [1.54, 1.807) is 51.1 Å². The Morgan fingerprint density at radius 3 is 1.55 bits per heavy atom. The van der Waals surface area contributed by atoms with Gasteiger partial charge in [0.05, 0.1) is 12.5 Å². The zero-order chi connectivity index (χ0) is 60.2. The summed E-state index contributed by atoms with van der Waals surface area (Å²) in [5.74, 6) is -14.2. The normalized spacial score (nSPS) is 14.8. The van der Waals surface area contributed by atoms with E-state index in [0.717, 1.165) is 5.56 Å². The number of carboxylic acid groups (broad SMARTS) is 3. The van der Waals surface area contributed by atoms with Gasteiger partial charge in [0.15, 0.2) is 0 Å². The molecular weight excluding hydrogens is 1050 g/mol. The number of carbonyl (C=O) groups excluding carboxylic acids is 9. The fraction of sp³-hybridized carbons (Fsp3) is 0.547. The number of carbonyl (C=O) groups is 12. The van der Waals surface area contributed by atoms with Crippen LogP contribution in [0.2, 0.25) is 0 Å². The molecule has 18 N–H and O–H groups in total. The van der Waals surface area contributed by atoms with Gasteiger partial charge in [-0.05, 0) is 93.5 Å². The minimum atomic E-state index is -1.91. The van der Waals surface area contributed by atoms with E-state index >= 15 is 0 Å². The Morgan fingerprint density at radius 1 is 0.512 bits per heavy atom. The van der Waals surface area contributed by atoms with Gasteiger partial charge in [-0.1, -0.05) is 76.6 Å². The molecule has 80 heavy (non-hydrogen) atoms. The summed E-state index contributed by atoms with van der Waals surface area (Å²) in [7, 11) is 0. The van der Waals surface area contributed by atoms with Gasteiger partial charge in [-0.15, -0.1) is 0 Å². The molecule has 0 bridgehead atoms. The van der Waals surface area contributed by atoms with Crippen LogP contribution in [0.3, 0.4) is 0 Å². The molecule has 27 heteroatoms. The van der Waals surface area contributed by atoms with E-state index in [2.05, 4.69) is 42.5 Å². The van der Waals surface area contributed by atoms with Crippen molar-refractivity contribution < 1.29 is 78.0 Å². The lowest BCUT2D eigenvalue weighted by Crippen LogP contribution is -2.61. The highest BCUT2D eigenvalue weighted by Gasteiger charge is 2.37. The number of phenolic OH excluding ortho intramolecular Hbond substituents is 1.